The molecule has 2 heterocycles. The van der Waals surface area contributed by atoms with Crippen molar-refractivity contribution in [1.82, 2.24) is 5.32 Å². The van der Waals surface area contributed by atoms with E-state index in [0.29, 0.717) is 24.4 Å². The predicted octanol–water partition coefficient (Wildman–Crippen LogP) is 2.18. The summed E-state index contributed by atoms with van der Waals surface area (Å²) in [5.41, 5.74) is 5.98. The van der Waals surface area contributed by atoms with Gasteiger partial charge >= 0.3 is 0 Å². The maximum atomic E-state index is 11.9. The third-order valence-electron chi connectivity index (χ3n) is 3.04. The molecule has 1 fully saturated rings. The molecule has 3 N–H and O–H groups in total. The smallest absolute Gasteiger partial charge is 0.254 e. The Balaban J connectivity index is 0.00000162. The maximum absolute atomic E-state index is 11.9. The highest BCUT2D eigenvalue weighted by Crippen LogP contribution is 2.36. The van der Waals surface area contributed by atoms with Crippen LogP contribution < -0.4 is 11.1 Å². The van der Waals surface area contributed by atoms with Crippen molar-refractivity contribution in [2.45, 2.75) is 31.1 Å². The van der Waals surface area contributed by atoms with E-state index in [9.17, 15) is 4.79 Å². The van der Waals surface area contributed by atoms with Crippen LogP contribution in [-0.4, -0.2) is 23.0 Å². The third kappa shape index (κ3) is 3.67. The first kappa shape index (κ1) is 15.4. The lowest BCUT2D eigenvalue weighted by Gasteiger charge is -2.22. The van der Waals surface area contributed by atoms with Crippen LogP contribution in [0.15, 0.2) is 16.7 Å². The highest BCUT2D eigenvalue weighted by atomic mass is 35.5. The fourth-order valence-corrected chi connectivity index (χ4v) is 3.20. The van der Waals surface area contributed by atoms with Crippen LogP contribution in [0.5, 0.6) is 0 Å². The normalized spacial score (nSPS) is 22.6. The Bertz CT molecular complexity index is 403. The van der Waals surface area contributed by atoms with Crippen LogP contribution in [0.3, 0.4) is 0 Å². The number of carbonyl (C=O) groups excluding carboxylic acids is 1. The lowest BCUT2D eigenvalue weighted by molar-refractivity contribution is 0.0949. The first-order valence-electron chi connectivity index (χ1n) is 5.83. The van der Waals surface area contributed by atoms with Crippen LogP contribution >= 0.6 is 24.2 Å². The summed E-state index contributed by atoms with van der Waals surface area (Å²) in [5.74, 6) is 1.74. The van der Waals surface area contributed by atoms with Gasteiger partial charge in [-0.3, -0.25) is 4.79 Å². The number of furan rings is 1. The second-order valence-corrected chi connectivity index (χ2v) is 6.27. The third-order valence-corrected chi connectivity index (χ3v) is 4.58. The molecule has 1 unspecified atom stereocenters. The van der Waals surface area contributed by atoms with Crippen LogP contribution in [0.2, 0.25) is 0 Å². The van der Waals surface area contributed by atoms with Gasteiger partial charge in [-0.25, -0.2) is 0 Å². The molecule has 0 aliphatic carbocycles. The van der Waals surface area contributed by atoms with Crippen molar-refractivity contribution in [2.75, 3.05) is 12.3 Å². The molecule has 1 aromatic heterocycles. The summed E-state index contributed by atoms with van der Waals surface area (Å²) in [4.78, 5) is 11.9. The lowest BCUT2D eigenvalue weighted by Crippen LogP contribution is -2.36. The van der Waals surface area contributed by atoms with E-state index in [0.717, 1.165) is 6.42 Å². The summed E-state index contributed by atoms with van der Waals surface area (Å²) in [5, 5.41) is 2.96. The van der Waals surface area contributed by atoms with E-state index in [2.05, 4.69) is 12.2 Å². The number of thioether (sulfide) groups is 1. The second kappa shape index (κ2) is 6.50. The molecule has 4 nitrogen and oxygen atoms in total. The molecule has 1 atom stereocenters. The zero-order valence-electron chi connectivity index (χ0n) is 10.4. The minimum Gasteiger partial charge on any atom is -0.467 e. The molecule has 0 aromatic carbocycles. The Labute approximate surface area is 117 Å². The van der Waals surface area contributed by atoms with Gasteiger partial charge < -0.3 is 15.5 Å². The SMILES string of the molecule is CC1(CNC(=O)c2coc(CN)c2)CCCS1.Cl. The minimum atomic E-state index is -0.0813. The number of hydrogen-bond donors (Lipinski definition) is 2. The number of amides is 1. The summed E-state index contributed by atoms with van der Waals surface area (Å²) in [7, 11) is 0. The molecular formula is C12H19ClN2O2S. The summed E-state index contributed by atoms with van der Waals surface area (Å²) < 4.78 is 5.33. The van der Waals surface area contributed by atoms with Crippen molar-refractivity contribution >= 4 is 30.1 Å². The van der Waals surface area contributed by atoms with Crippen molar-refractivity contribution in [1.29, 1.82) is 0 Å². The molecular weight excluding hydrogens is 272 g/mol. The maximum Gasteiger partial charge on any atom is 0.254 e. The second-order valence-electron chi connectivity index (χ2n) is 4.59. The Hall–Kier alpha value is -0.650. The quantitative estimate of drug-likeness (QED) is 0.892. The highest BCUT2D eigenvalue weighted by molar-refractivity contribution is 8.00. The summed E-state index contributed by atoms with van der Waals surface area (Å²) >= 11 is 1.93. The largest absolute Gasteiger partial charge is 0.467 e. The highest BCUT2D eigenvalue weighted by Gasteiger charge is 2.29. The molecule has 6 heteroatoms. The molecule has 1 aliphatic rings. The number of rotatable bonds is 4. The molecule has 102 valence electrons. The standard InChI is InChI=1S/C12H18N2O2S.ClH/c1-12(3-2-4-17-12)8-14-11(15)9-5-10(6-13)16-7-9;/h5,7H,2-4,6,8,13H2,1H3,(H,14,15);1H. The molecule has 18 heavy (non-hydrogen) atoms. The van der Waals surface area contributed by atoms with Crippen LogP contribution in [0.1, 0.15) is 35.9 Å². The topological polar surface area (TPSA) is 68.3 Å². The minimum absolute atomic E-state index is 0. The van der Waals surface area contributed by atoms with E-state index in [-0.39, 0.29) is 23.1 Å². The zero-order chi connectivity index (χ0) is 12.3. The van der Waals surface area contributed by atoms with Gasteiger partial charge in [-0.1, -0.05) is 0 Å². The van der Waals surface area contributed by atoms with Crippen molar-refractivity contribution < 1.29 is 9.21 Å². The number of halogens is 1. The van der Waals surface area contributed by atoms with Gasteiger partial charge in [-0.15, -0.1) is 12.4 Å². The van der Waals surface area contributed by atoms with Crippen LogP contribution in [0.25, 0.3) is 0 Å². The average molecular weight is 291 g/mol. The van der Waals surface area contributed by atoms with Crippen LogP contribution in [0.4, 0.5) is 0 Å². The van der Waals surface area contributed by atoms with Gasteiger partial charge in [0, 0.05) is 11.3 Å². The molecule has 0 saturated carbocycles. The molecule has 0 bridgehead atoms. The molecule has 1 amide bonds. The van der Waals surface area contributed by atoms with Gasteiger partial charge in [-0.05, 0) is 31.6 Å². The number of nitrogens with one attached hydrogen (secondary N) is 1. The van der Waals surface area contributed by atoms with Crippen LogP contribution in [-0.2, 0) is 6.54 Å². The fourth-order valence-electron chi connectivity index (χ4n) is 1.95. The molecule has 1 saturated heterocycles. The predicted molar refractivity (Wildman–Crippen MR) is 76.3 cm³/mol. The van der Waals surface area contributed by atoms with E-state index in [1.807, 2.05) is 11.8 Å². The van der Waals surface area contributed by atoms with Crippen molar-refractivity contribution in [2.24, 2.45) is 5.73 Å². The van der Waals surface area contributed by atoms with E-state index in [4.69, 9.17) is 10.2 Å². The van der Waals surface area contributed by atoms with E-state index in [1.165, 1.54) is 18.4 Å². The van der Waals surface area contributed by atoms with Gasteiger partial charge in [0.2, 0.25) is 0 Å². The van der Waals surface area contributed by atoms with Crippen LogP contribution in [0, 0.1) is 0 Å². The van der Waals surface area contributed by atoms with Crippen molar-refractivity contribution in [3.63, 3.8) is 0 Å². The van der Waals surface area contributed by atoms with Gasteiger partial charge in [-0.2, -0.15) is 11.8 Å². The number of carbonyl (C=O) groups is 1. The molecule has 0 spiro atoms. The van der Waals surface area contributed by atoms with E-state index < -0.39 is 0 Å². The average Bonchev–Trinajstić information content (AvgIpc) is 2.95. The number of hydrogen-bond acceptors (Lipinski definition) is 4. The fraction of sp³-hybridized carbons (Fsp3) is 0.583. The van der Waals surface area contributed by atoms with Crippen molar-refractivity contribution in [3.05, 3.63) is 23.7 Å². The van der Waals surface area contributed by atoms with Crippen molar-refractivity contribution in [3.8, 4) is 0 Å². The summed E-state index contributed by atoms with van der Waals surface area (Å²) in [6, 6.07) is 1.69. The molecule has 0 radical (unpaired) electrons. The monoisotopic (exact) mass is 290 g/mol. The first-order chi connectivity index (χ1) is 8.13. The molecule has 1 aromatic rings. The zero-order valence-corrected chi connectivity index (χ0v) is 12.0. The summed E-state index contributed by atoms with van der Waals surface area (Å²) in [6.45, 7) is 3.23. The molecule has 2 rings (SSSR count). The Kier molecular flexibility index (Phi) is 5.56. The Morgan fingerprint density at radius 1 is 1.67 bits per heavy atom. The van der Waals surface area contributed by atoms with Gasteiger partial charge in [0.05, 0.1) is 12.1 Å². The Morgan fingerprint density at radius 3 is 3.00 bits per heavy atom. The van der Waals surface area contributed by atoms with Gasteiger partial charge in [0.25, 0.3) is 5.91 Å². The first-order valence-corrected chi connectivity index (χ1v) is 6.81. The van der Waals surface area contributed by atoms with Gasteiger partial charge in [0.15, 0.2) is 0 Å². The lowest BCUT2D eigenvalue weighted by atomic mass is 10.1. The number of nitrogens with two attached hydrogens (primary N) is 1. The molecule has 1 aliphatic heterocycles. The van der Waals surface area contributed by atoms with E-state index in [1.54, 1.807) is 6.07 Å². The van der Waals surface area contributed by atoms with E-state index >= 15 is 0 Å². The Morgan fingerprint density at radius 2 is 2.44 bits per heavy atom. The van der Waals surface area contributed by atoms with Gasteiger partial charge in [0.1, 0.15) is 12.0 Å². The summed E-state index contributed by atoms with van der Waals surface area (Å²) in [6.07, 6.45) is 3.86.